The predicted octanol–water partition coefficient (Wildman–Crippen LogP) is 3.22. The second-order valence-electron chi connectivity index (χ2n) is 2.56. The zero-order valence-electron chi connectivity index (χ0n) is 6.87. The van der Waals surface area contributed by atoms with E-state index in [1.807, 2.05) is 18.2 Å². The van der Waals surface area contributed by atoms with E-state index in [9.17, 15) is 5.11 Å². The quantitative estimate of drug-likeness (QED) is 0.820. The molecule has 1 N–H and O–H groups in total. The third-order valence-electron chi connectivity index (χ3n) is 1.81. The average molecular weight is 306 g/mol. The van der Waals surface area contributed by atoms with Gasteiger partial charge in [0, 0.05) is 8.96 Å². The van der Waals surface area contributed by atoms with Gasteiger partial charge in [-0.2, -0.15) is 0 Å². The zero-order chi connectivity index (χ0) is 9.42. The van der Waals surface area contributed by atoms with Gasteiger partial charge in [0.15, 0.2) is 5.75 Å². The van der Waals surface area contributed by atoms with Crippen LogP contribution in [-0.2, 0) is 0 Å². The van der Waals surface area contributed by atoms with Gasteiger partial charge in [0.2, 0.25) is 5.06 Å². The van der Waals surface area contributed by atoms with Crippen molar-refractivity contribution in [1.29, 1.82) is 0 Å². The highest BCUT2D eigenvalue weighted by Gasteiger charge is 2.12. The second kappa shape index (κ2) is 3.34. The molecule has 2 nitrogen and oxygen atoms in total. The fraction of sp³-hybridized carbons (Fsp3) is 0.111. The van der Waals surface area contributed by atoms with Crippen molar-refractivity contribution in [2.45, 2.75) is 0 Å². The molecule has 0 aliphatic heterocycles. The maximum absolute atomic E-state index is 9.55. The van der Waals surface area contributed by atoms with Crippen LogP contribution in [0.3, 0.4) is 0 Å². The Morgan fingerprint density at radius 3 is 2.92 bits per heavy atom. The fourth-order valence-electron chi connectivity index (χ4n) is 1.25. The molecule has 0 aliphatic rings. The van der Waals surface area contributed by atoms with E-state index in [0.29, 0.717) is 5.75 Å². The Kier molecular flexibility index (Phi) is 2.33. The normalized spacial score (nSPS) is 10.6. The molecule has 13 heavy (non-hydrogen) atoms. The lowest BCUT2D eigenvalue weighted by Gasteiger charge is -1.97. The summed E-state index contributed by atoms with van der Waals surface area (Å²) >= 11 is 3.60. The van der Waals surface area contributed by atoms with Gasteiger partial charge in [-0.3, -0.25) is 0 Å². The second-order valence-corrected chi connectivity index (χ2v) is 4.72. The van der Waals surface area contributed by atoms with Crippen molar-refractivity contribution in [2.75, 3.05) is 7.11 Å². The Morgan fingerprint density at radius 1 is 1.46 bits per heavy atom. The van der Waals surface area contributed by atoms with Crippen molar-refractivity contribution >= 4 is 44.0 Å². The molecule has 0 amide bonds. The summed E-state index contributed by atoms with van der Waals surface area (Å²) in [5.41, 5.74) is 0. The molecule has 68 valence electrons. The van der Waals surface area contributed by atoms with Crippen molar-refractivity contribution in [2.24, 2.45) is 0 Å². The van der Waals surface area contributed by atoms with Crippen LogP contribution in [0, 0.1) is 3.57 Å². The number of benzene rings is 1. The number of halogens is 1. The first-order chi connectivity index (χ1) is 6.24. The molecule has 0 fully saturated rings. The van der Waals surface area contributed by atoms with Gasteiger partial charge in [-0.25, -0.2) is 0 Å². The van der Waals surface area contributed by atoms with Crippen molar-refractivity contribution < 1.29 is 9.84 Å². The monoisotopic (exact) mass is 306 g/mol. The Balaban J connectivity index is 2.86. The lowest BCUT2D eigenvalue weighted by atomic mass is 10.2. The van der Waals surface area contributed by atoms with E-state index < -0.39 is 0 Å². The number of aromatic hydroxyl groups is 1. The molecule has 2 aromatic rings. The minimum atomic E-state index is 0.251. The predicted molar refractivity (Wildman–Crippen MR) is 62.8 cm³/mol. The van der Waals surface area contributed by atoms with Crippen LogP contribution in [0.2, 0.25) is 0 Å². The Bertz CT molecular complexity index is 450. The molecule has 1 heterocycles. The highest BCUT2D eigenvalue weighted by molar-refractivity contribution is 14.1. The fourth-order valence-corrected chi connectivity index (χ4v) is 2.99. The molecule has 0 aliphatic carbocycles. The van der Waals surface area contributed by atoms with Gasteiger partial charge < -0.3 is 9.84 Å². The average Bonchev–Trinajstić information content (AvgIpc) is 2.43. The number of thiophene rings is 1. The minimum absolute atomic E-state index is 0.251. The van der Waals surface area contributed by atoms with E-state index in [2.05, 4.69) is 22.6 Å². The lowest BCUT2D eigenvalue weighted by Crippen LogP contribution is -1.80. The summed E-state index contributed by atoms with van der Waals surface area (Å²) in [6.07, 6.45) is 0. The largest absolute Gasteiger partial charge is 0.497 e. The third kappa shape index (κ3) is 1.38. The molecular formula is C9H7IO2S. The molecule has 0 saturated carbocycles. The molecule has 1 aromatic heterocycles. The maximum atomic E-state index is 9.55. The molecule has 0 bridgehead atoms. The van der Waals surface area contributed by atoms with Crippen LogP contribution >= 0.6 is 33.9 Å². The number of methoxy groups -OCH3 is 1. The Labute approximate surface area is 93.3 Å². The van der Waals surface area contributed by atoms with Gasteiger partial charge in [-0.1, -0.05) is 17.4 Å². The molecule has 0 spiro atoms. The SMILES string of the molecule is COc1c(O)sc2c(I)cccc12. The molecule has 0 atom stereocenters. The van der Waals surface area contributed by atoms with Crippen LogP contribution in [0.4, 0.5) is 0 Å². The van der Waals surface area contributed by atoms with Crippen LogP contribution in [0.5, 0.6) is 10.8 Å². The molecular weight excluding hydrogens is 299 g/mol. The number of hydrogen-bond acceptors (Lipinski definition) is 3. The van der Waals surface area contributed by atoms with E-state index in [0.717, 1.165) is 13.7 Å². The standard InChI is InChI=1S/C9H7IO2S/c1-12-7-5-3-2-4-6(10)8(5)13-9(7)11/h2-4,11H,1H3. The maximum Gasteiger partial charge on any atom is 0.215 e. The van der Waals surface area contributed by atoms with Gasteiger partial charge in [0.05, 0.1) is 11.8 Å². The summed E-state index contributed by atoms with van der Waals surface area (Å²) in [5.74, 6) is 0.582. The first-order valence-corrected chi connectivity index (χ1v) is 5.57. The van der Waals surface area contributed by atoms with E-state index in [-0.39, 0.29) is 5.06 Å². The third-order valence-corrected chi connectivity index (χ3v) is 4.10. The Hall–Kier alpha value is -0.490. The summed E-state index contributed by atoms with van der Waals surface area (Å²) in [5, 5.41) is 10.8. The minimum Gasteiger partial charge on any atom is -0.497 e. The van der Waals surface area contributed by atoms with Gasteiger partial charge >= 0.3 is 0 Å². The summed E-state index contributed by atoms with van der Waals surface area (Å²) in [6, 6.07) is 5.92. The summed E-state index contributed by atoms with van der Waals surface area (Å²) in [7, 11) is 1.57. The molecule has 0 unspecified atom stereocenters. The number of fused-ring (bicyclic) bond motifs is 1. The van der Waals surface area contributed by atoms with Gasteiger partial charge in [-0.05, 0) is 34.7 Å². The van der Waals surface area contributed by atoms with Crippen LogP contribution in [-0.4, -0.2) is 12.2 Å². The van der Waals surface area contributed by atoms with E-state index >= 15 is 0 Å². The Morgan fingerprint density at radius 2 is 2.23 bits per heavy atom. The molecule has 0 saturated heterocycles. The number of ether oxygens (including phenoxy) is 1. The van der Waals surface area contributed by atoms with Gasteiger partial charge in [-0.15, -0.1) is 0 Å². The first kappa shape index (κ1) is 9.08. The highest BCUT2D eigenvalue weighted by atomic mass is 127. The molecule has 0 radical (unpaired) electrons. The van der Waals surface area contributed by atoms with E-state index in [4.69, 9.17) is 4.74 Å². The summed E-state index contributed by atoms with van der Waals surface area (Å²) in [4.78, 5) is 0. The first-order valence-electron chi connectivity index (χ1n) is 3.68. The zero-order valence-corrected chi connectivity index (χ0v) is 9.85. The number of rotatable bonds is 1. The van der Waals surface area contributed by atoms with Crippen LogP contribution < -0.4 is 4.74 Å². The van der Waals surface area contributed by atoms with Crippen molar-refractivity contribution in [3.8, 4) is 10.8 Å². The van der Waals surface area contributed by atoms with Crippen LogP contribution in [0.25, 0.3) is 10.1 Å². The summed E-state index contributed by atoms with van der Waals surface area (Å²) < 4.78 is 7.33. The molecule has 4 heteroatoms. The summed E-state index contributed by atoms with van der Waals surface area (Å²) in [6.45, 7) is 0. The van der Waals surface area contributed by atoms with Crippen LogP contribution in [0.15, 0.2) is 18.2 Å². The van der Waals surface area contributed by atoms with Crippen molar-refractivity contribution in [3.63, 3.8) is 0 Å². The smallest absolute Gasteiger partial charge is 0.215 e. The highest BCUT2D eigenvalue weighted by Crippen LogP contribution is 2.44. The topological polar surface area (TPSA) is 29.5 Å². The van der Waals surface area contributed by atoms with Crippen molar-refractivity contribution in [1.82, 2.24) is 0 Å². The molecule has 2 rings (SSSR count). The van der Waals surface area contributed by atoms with Gasteiger partial charge in [0.25, 0.3) is 0 Å². The number of hydrogen-bond donors (Lipinski definition) is 1. The van der Waals surface area contributed by atoms with Gasteiger partial charge in [0.1, 0.15) is 0 Å². The lowest BCUT2D eigenvalue weighted by molar-refractivity contribution is 0.385. The van der Waals surface area contributed by atoms with Crippen LogP contribution in [0.1, 0.15) is 0 Å². The van der Waals surface area contributed by atoms with E-state index in [1.54, 1.807) is 7.11 Å². The van der Waals surface area contributed by atoms with E-state index in [1.165, 1.54) is 11.3 Å². The van der Waals surface area contributed by atoms with Crippen molar-refractivity contribution in [3.05, 3.63) is 21.8 Å². The molecule has 1 aromatic carbocycles.